The smallest absolute Gasteiger partial charge is 0.267 e. The summed E-state index contributed by atoms with van der Waals surface area (Å²) >= 11 is 0. The number of hydrogen-bond acceptors (Lipinski definition) is 7. The number of aromatic amines is 1. The van der Waals surface area contributed by atoms with E-state index in [4.69, 9.17) is 10.3 Å². The number of aryl methyl sites for hydroxylation is 2. The monoisotopic (exact) mass is 703 g/mol. The van der Waals surface area contributed by atoms with E-state index in [2.05, 4.69) is 10.1 Å². The molecule has 11 nitrogen and oxygen atoms in total. The van der Waals surface area contributed by atoms with Crippen molar-refractivity contribution >= 4 is 38.6 Å². The number of nitrogens with two attached hydrogens (primary N) is 1. The Labute approximate surface area is 295 Å². The number of H-pyrrole nitrogens is 1. The van der Waals surface area contributed by atoms with Crippen LogP contribution in [0.15, 0.2) is 125 Å². The first-order valence-electron chi connectivity index (χ1n) is 16.3. The second kappa shape index (κ2) is 14.5. The number of aromatic nitrogens is 2. The van der Waals surface area contributed by atoms with Crippen molar-refractivity contribution in [1.29, 1.82) is 0 Å². The maximum atomic E-state index is 15.1. The van der Waals surface area contributed by atoms with Gasteiger partial charge in [0.2, 0.25) is 5.91 Å². The Bertz CT molecular complexity index is 2280. The molecular weight excluding hydrogens is 667 g/mol. The van der Waals surface area contributed by atoms with Gasteiger partial charge in [-0.2, -0.15) is 0 Å². The molecule has 0 aliphatic heterocycles. The lowest BCUT2D eigenvalue weighted by molar-refractivity contribution is -0.137. The van der Waals surface area contributed by atoms with E-state index in [0.29, 0.717) is 26.8 Å². The fourth-order valence-corrected chi connectivity index (χ4v) is 7.93. The normalized spacial score (nSPS) is 12.7. The maximum Gasteiger partial charge on any atom is 0.267 e. The van der Waals surface area contributed by atoms with E-state index in [0.717, 1.165) is 27.6 Å². The number of fused-ring (bicyclic) bond motifs is 1. The number of para-hydroxylation sites is 1. The van der Waals surface area contributed by atoms with Crippen LogP contribution in [0.4, 0.5) is 0 Å². The molecule has 0 aliphatic rings. The summed E-state index contributed by atoms with van der Waals surface area (Å²) in [6.45, 7) is 3.72. The molecule has 0 saturated heterocycles. The number of amides is 3. The van der Waals surface area contributed by atoms with Crippen molar-refractivity contribution in [3.05, 3.63) is 143 Å². The van der Waals surface area contributed by atoms with Crippen molar-refractivity contribution in [2.24, 2.45) is 5.73 Å². The number of sulfonamides is 1. The minimum absolute atomic E-state index is 0.0814. The summed E-state index contributed by atoms with van der Waals surface area (Å²) in [7, 11) is -3.24. The Hall–Kier alpha value is -6.01. The molecule has 2 aromatic heterocycles. The lowest BCUT2D eigenvalue weighted by Gasteiger charge is -2.35. The van der Waals surface area contributed by atoms with Gasteiger partial charge < -0.3 is 20.1 Å². The molecular formula is C39H37N5O6S. The van der Waals surface area contributed by atoms with Crippen LogP contribution in [0, 0.1) is 13.8 Å². The van der Waals surface area contributed by atoms with Gasteiger partial charge >= 0.3 is 0 Å². The van der Waals surface area contributed by atoms with E-state index < -0.39 is 39.8 Å². The van der Waals surface area contributed by atoms with Gasteiger partial charge in [-0.3, -0.25) is 14.4 Å². The molecule has 0 aliphatic carbocycles. The molecule has 2 heterocycles. The van der Waals surface area contributed by atoms with E-state index in [1.807, 2.05) is 44.2 Å². The number of benzene rings is 4. The first kappa shape index (κ1) is 34.8. The van der Waals surface area contributed by atoms with Crippen LogP contribution >= 0.6 is 0 Å². The zero-order chi connectivity index (χ0) is 36.3. The van der Waals surface area contributed by atoms with Crippen LogP contribution in [-0.2, 0) is 32.5 Å². The average Bonchev–Trinajstić information content (AvgIpc) is 3.81. The zero-order valence-electron chi connectivity index (χ0n) is 28.3. The van der Waals surface area contributed by atoms with Crippen LogP contribution in [-0.4, -0.2) is 64.6 Å². The first-order chi connectivity index (χ1) is 24.4. The highest BCUT2D eigenvalue weighted by Crippen LogP contribution is 2.28. The standard InChI is InChI=1S/C39H37N5O6S/c1-25-19-26(2)21-29(20-25)38(46)43(3)35(22-27-13-15-28(16-14-27)36-17-18-42-50-36)39(47)44(51(48,49)31-9-5-4-6-10-31)34(37(40)45)23-30-24-41-33-12-8-7-11-32(30)33/h4-21,24,34-35,41H,22-23H2,1-3H3,(H2,40,45)/t34-,35+/m0/s1. The predicted molar refractivity (Wildman–Crippen MR) is 193 cm³/mol. The number of nitrogens with one attached hydrogen (secondary N) is 1. The molecule has 3 N–H and O–H groups in total. The van der Waals surface area contributed by atoms with Crippen molar-refractivity contribution in [2.75, 3.05) is 7.05 Å². The Balaban J connectivity index is 1.47. The molecule has 12 heteroatoms. The van der Waals surface area contributed by atoms with Crippen LogP contribution < -0.4 is 5.73 Å². The quantitative estimate of drug-likeness (QED) is 0.172. The van der Waals surface area contributed by atoms with E-state index in [1.54, 1.807) is 54.7 Å². The lowest BCUT2D eigenvalue weighted by Crippen LogP contribution is -2.58. The van der Waals surface area contributed by atoms with E-state index in [9.17, 15) is 18.0 Å². The third-order valence-corrected chi connectivity index (χ3v) is 10.7. The maximum absolute atomic E-state index is 15.1. The number of carbonyl (C=O) groups is 3. The van der Waals surface area contributed by atoms with Gasteiger partial charge in [0.05, 0.1) is 11.1 Å². The zero-order valence-corrected chi connectivity index (χ0v) is 29.1. The van der Waals surface area contributed by atoms with Crippen LogP contribution in [0.3, 0.4) is 0 Å². The molecule has 0 radical (unpaired) electrons. The summed E-state index contributed by atoms with van der Waals surface area (Å²) in [6, 6.07) is 25.9. The molecule has 6 aromatic rings. The number of carbonyl (C=O) groups excluding carboxylic acids is 3. The van der Waals surface area contributed by atoms with E-state index in [-0.39, 0.29) is 17.7 Å². The Morgan fingerprint density at radius 3 is 2.16 bits per heavy atom. The summed E-state index contributed by atoms with van der Waals surface area (Å²) < 4.78 is 35.0. The minimum atomic E-state index is -4.70. The number of primary amides is 1. The Kier molecular flexibility index (Phi) is 9.88. The van der Waals surface area contributed by atoms with Crippen LogP contribution in [0.5, 0.6) is 0 Å². The van der Waals surface area contributed by atoms with Crippen LogP contribution in [0.1, 0.15) is 32.6 Å². The number of rotatable bonds is 12. The van der Waals surface area contributed by atoms with Gasteiger partial charge in [-0.15, -0.1) is 0 Å². The molecule has 51 heavy (non-hydrogen) atoms. The van der Waals surface area contributed by atoms with Gasteiger partial charge in [-0.1, -0.05) is 83.0 Å². The molecule has 0 spiro atoms. The highest BCUT2D eigenvalue weighted by atomic mass is 32.2. The van der Waals surface area contributed by atoms with Crippen LogP contribution in [0.25, 0.3) is 22.2 Å². The SMILES string of the molecule is Cc1cc(C)cc(C(=O)N(C)[C@H](Cc2ccc(-c3ccno3)cc2)C(=O)N([C@@H](Cc2c[nH]c3ccccc23)C(N)=O)S(=O)(=O)c2ccccc2)c1. The molecule has 4 aromatic carbocycles. The minimum Gasteiger partial charge on any atom is -0.368 e. The lowest BCUT2D eigenvalue weighted by atomic mass is 9.99. The fraction of sp³-hybridized carbons (Fsp3) is 0.179. The summed E-state index contributed by atoms with van der Waals surface area (Å²) in [5.41, 5.74) is 10.7. The van der Waals surface area contributed by atoms with Crippen molar-refractivity contribution in [1.82, 2.24) is 19.3 Å². The third-order valence-electron chi connectivity index (χ3n) is 8.86. The van der Waals surface area contributed by atoms with E-state index in [1.165, 1.54) is 42.4 Å². The van der Waals surface area contributed by atoms with Crippen molar-refractivity contribution in [2.45, 2.75) is 43.7 Å². The van der Waals surface area contributed by atoms with Crippen molar-refractivity contribution in [3.8, 4) is 11.3 Å². The first-order valence-corrected chi connectivity index (χ1v) is 17.7. The molecule has 0 fully saturated rings. The molecule has 0 bridgehead atoms. The van der Waals surface area contributed by atoms with Crippen LogP contribution in [0.2, 0.25) is 0 Å². The summed E-state index contributed by atoms with van der Waals surface area (Å²) in [5.74, 6) is -1.96. The summed E-state index contributed by atoms with van der Waals surface area (Å²) in [4.78, 5) is 46.8. The molecule has 260 valence electrons. The molecule has 0 unspecified atom stereocenters. The second-order valence-electron chi connectivity index (χ2n) is 12.5. The third kappa shape index (κ3) is 7.31. The predicted octanol–water partition coefficient (Wildman–Crippen LogP) is 5.44. The van der Waals surface area contributed by atoms with Gasteiger partial charge in [-0.25, -0.2) is 12.7 Å². The Morgan fingerprint density at radius 2 is 1.51 bits per heavy atom. The summed E-state index contributed by atoms with van der Waals surface area (Å²) in [6.07, 6.45) is 2.91. The second-order valence-corrected chi connectivity index (χ2v) is 14.3. The largest absolute Gasteiger partial charge is 0.368 e. The highest BCUT2D eigenvalue weighted by molar-refractivity contribution is 7.89. The van der Waals surface area contributed by atoms with Gasteiger partial charge in [0.25, 0.3) is 21.8 Å². The molecule has 6 rings (SSSR count). The molecule has 0 saturated carbocycles. The van der Waals surface area contributed by atoms with Gasteiger partial charge in [0.1, 0.15) is 12.1 Å². The summed E-state index contributed by atoms with van der Waals surface area (Å²) in [5, 5.41) is 4.50. The Morgan fingerprint density at radius 1 is 0.843 bits per heavy atom. The average molecular weight is 704 g/mol. The number of nitrogens with zero attached hydrogens (tertiary/aromatic N) is 3. The van der Waals surface area contributed by atoms with E-state index >= 15 is 4.79 Å². The van der Waals surface area contributed by atoms with Gasteiger partial charge in [0, 0.05) is 54.2 Å². The van der Waals surface area contributed by atoms with Gasteiger partial charge in [-0.05, 0) is 55.3 Å². The van der Waals surface area contributed by atoms with Gasteiger partial charge in [0.15, 0.2) is 5.76 Å². The van der Waals surface area contributed by atoms with Crippen molar-refractivity contribution in [3.63, 3.8) is 0 Å². The molecule has 3 amide bonds. The van der Waals surface area contributed by atoms with Crippen molar-refractivity contribution < 1.29 is 27.3 Å². The highest BCUT2D eigenvalue weighted by Gasteiger charge is 2.44. The topological polar surface area (TPSA) is 160 Å². The number of likely N-dealkylation sites (N-methyl/N-ethyl adjacent to an activating group) is 1. The number of hydrogen-bond donors (Lipinski definition) is 2. The fourth-order valence-electron chi connectivity index (χ4n) is 6.33. The molecule has 2 atom stereocenters.